The molecule has 0 saturated carbocycles. The van der Waals surface area contributed by atoms with E-state index >= 15 is 0 Å². The van der Waals surface area contributed by atoms with Crippen LogP contribution < -0.4 is 5.32 Å². The SMILES string of the molecule is C=Cn1cc(CNC2CC3CCC2O3)cn1. The van der Waals surface area contributed by atoms with Crippen LogP contribution >= 0.6 is 0 Å². The third kappa shape index (κ3) is 1.79. The minimum absolute atomic E-state index is 0.444. The summed E-state index contributed by atoms with van der Waals surface area (Å²) < 4.78 is 7.53. The molecule has 1 N–H and O–H groups in total. The van der Waals surface area contributed by atoms with Crippen LogP contribution in [0, 0.1) is 0 Å². The lowest BCUT2D eigenvalue weighted by Gasteiger charge is -2.19. The standard InChI is InChI=1S/C12H17N3O/c1-2-15-8-9(7-14-15)6-13-11-5-10-3-4-12(11)16-10/h2,7-8,10-13H,1,3-6H2. The van der Waals surface area contributed by atoms with E-state index in [1.54, 1.807) is 10.9 Å². The highest BCUT2D eigenvalue weighted by Crippen LogP contribution is 2.34. The maximum atomic E-state index is 5.80. The van der Waals surface area contributed by atoms with Crippen LogP contribution in [-0.4, -0.2) is 28.0 Å². The Kier molecular flexibility index (Phi) is 2.53. The monoisotopic (exact) mass is 219 g/mol. The number of fused-ring (bicyclic) bond motifs is 2. The van der Waals surface area contributed by atoms with Crippen LogP contribution in [-0.2, 0) is 11.3 Å². The van der Waals surface area contributed by atoms with Crippen molar-refractivity contribution in [3.05, 3.63) is 24.5 Å². The lowest BCUT2D eigenvalue weighted by atomic mass is 9.95. The van der Waals surface area contributed by atoms with Crippen molar-refractivity contribution in [1.82, 2.24) is 15.1 Å². The Morgan fingerprint density at radius 2 is 2.56 bits per heavy atom. The molecule has 0 aliphatic carbocycles. The summed E-state index contributed by atoms with van der Waals surface area (Å²) >= 11 is 0. The first-order chi connectivity index (χ1) is 7.85. The molecule has 3 atom stereocenters. The van der Waals surface area contributed by atoms with Gasteiger partial charge in [0.25, 0.3) is 0 Å². The van der Waals surface area contributed by atoms with Crippen LogP contribution in [0.5, 0.6) is 0 Å². The fourth-order valence-electron chi connectivity index (χ4n) is 2.67. The summed E-state index contributed by atoms with van der Waals surface area (Å²) in [6.07, 6.45) is 10.2. The average Bonchev–Trinajstić information content (AvgIpc) is 3.02. The number of hydrogen-bond acceptors (Lipinski definition) is 3. The minimum atomic E-state index is 0.444. The fourth-order valence-corrected chi connectivity index (χ4v) is 2.67. The molecule has 86 valence electrons. The van der Waals surface area contributed by atoms with Crippen LogP contribution in [0.2, 0.25) is 0 Å². The van der Waals surface area contributed by atoms with Gasteiger partial charge in [0, 0.05) is 30.5 Å². The Bertz CT molecular complexity index is 387. The van der Waals surface area contributed by atoms with Gasteiger partial charge in [-0.15, -0.1) is 0 Å². The van der Waals surface area contributed by atoms with Crippen LogP contribution in [0.4, 0.5) is 0 Å². The summed E-state index contributed by atoms with van der Waals surface area (Å²) in [6.45, 7) is 4.54. The zero-order chi connectivity index (χ0) is 11.0. The van der Waals surface area contributed by atoms with E-state index in [0.717, 1.165) is 6.54 Å². The van der Waals surface area contributed by atoms with Crippen LogP contribution in [0.1, 0.15) is 24.8 Å². The van der Waals surface area contributed by atoms with E-state index in [-0.39, 0.29) is 0 Å². The number of hydrogen-bond donors (Lipinski definition) is 1. The fraction of sp³-hybridized carbons (Fsp3) is 0.583. The molecule has 3 rings (SSSR count). The van der Waals surface area contributed by atoms with Crippen LogP contribution in [0.25, 0.3) is 6.20 Å². The summed E-state index contributed by atoms with van der Waals surface area (Å²) in [6, 6.07) is 0.533. The summed E-state index contributed by atoms with van der Waals surface area (Å²) in [5.74, 6) is 0. The normalized spacial score (nSPS) is 32.1. The van der Waals surface area contributed by atoms with Crippen molar-refractivity contribution in [3.8, 4) is 0 Å². The lowest BCUT2D eigenvalue weighted by molar-refractivity contribution is 0.0973. The summed E-state index contributed by atoms with van der Waals surface area (Å²) in [4.78, 5) is 0. The van der Waals surface area contributed by atoms with Crippen LogP contribution in [0.3, 0.4) is 0 Å². The second kappa shape index (κ2) is 4.03. The first-order valence-corrected chi connectivity index (χ1v) is 5.89. The predicted octanol–water partition coefficient (Wildman–Crippen LogP) is 1.39. The third-order valence-corrected chi connectivity index (χ3v) is 3.52. The van der Waals surface area contributed by atoms with Gasteiger partial charge in [-0.3, -0.25) is 0 Å². The van der Waals surface area contributed by atoms with Gasteiger partial charge in [0.15, 0.2) is 0 Å². The molecule has 2 saturated heterocycles. The molecule has 3 unspecified atom stereocenters. The number of aromatic nitrogens is 2. The van der Waals surface area contributed by atoms with E-state index in [1.807, 2.05) is 12.4 Å². The zero-order valence-electron chi connectivity index (χ0n) is 9.30. The maximum Gasteiger partial charge on any atom is 0.0733 e. The lowest BCUT2D eigenvalue weighted by Crippen LogP contribution is -2.36. The van der Waals surface area contributed by atoms with E-state index in [0.29, 0.717) is 18.2 Å². The van der Waals surface area contributed by atoms with Gasteiger partial charge in [-0.2, -0.15) is 5.10 Å². The molecular formula is C12H17N3O. The highest BCUT2D eigenvalue weighted by atomic mass is 16.5. The van der Waals surface area contributed by atoms with Crippen molar-refractivity contribution in [2.45, 2.75) is 44.1 Å². The zero-order valence-corrected chi connectivity index (χ0v) is 9.30. The van der Waals surface area contributed by atoms with Crippen molar-refractivity contribution in [2.75, 3.05) is 0 Å². The summed E-state index contributed by atoms with van der Waals surface area (Å²) in [5.41, 5.74) is 1.20. The van der Waals surface area contributed by atoms with Crippen LogP contribution in [0.15, 0.2) is 19.0 Å². The number of rotatable bonds is 4. The molecule has 3 heterocycles. The van der Waals surface area contributed by atoms with Gasteiger partial charge < -0.3 is 10.1 Å². The Balaban J connectivity index is 1.54. The molecule has 0 radical (unpaired) electrons. The third-order valence-electron chi connectivity index (χ3n) is 3.52. The van der Waals surface area contributed by atoms with Gasteiger partial charge in [0.05, 0.1) is 18.4 Å². The molecule has 1 aromatic heterocycles. The molecule has 2 bridgehead atoms. The van der Waals surface area contributed by atoms with Crippen molar-refractivity contribution in [1.29, 1.82) is 0 Å². The van der Waals surface area contributed by atoms with E-state index in [1.165, 1.54) is 24.8 Å². The molecule has 0 amide bonds. The van der Waals surface area contributed by atoms with E-state index < -0.39 is 0 Å². The first kappa shape index (κ1) is 10.1. The molecular weight excluding hydrogens is 202 g/mol. The molecule has 0 spiro atoms. The Morgan fingerprint density at radius 1 is 1.62 bits per heavy atom. The number of nitrogens with zero attached hydrogens (tertiary/aromatic N) is 2. The first-order valence-electron chi connectivity index (χ1n) is 5.89. The average molecular weight is 219 g/mol. The van der Waals surface area contributed by atoms with Gasteiger partial charge in [0.2, 0.25) is 0 Å². The predicted molar refractivity (Wildman–Crippen MR) is 61.8 cm³/mol. The highest BCUT2D eigenvalue weighted by Gasteiger charge is 2.40. The van der Waals surface area contributed by atoms with E-state index in [9.17, 15) is 0 Å². The van der Waals surface area contributed by atoms with Gasteiger partial charge in [-0.1, -0.05) is 6.58 Å². The maximum absolute atomic E-state index is 5.80. The Labute approximate surface area is 95.3 Å². The van der Waals surface area contributed by atoms with E-state index in [2.05, 4.69) is 17.0 Å². The molecule has 4 heteroatoms. The van der Waals surface area contributed by atoms with Gasteiger partial charge in [-0.05, 0) is 19.3 Å². The van der Waals surface area contributed by atoms with Crippen molar-refractivity contribution >= 4 is 6.20 Å². The molecule has 0 aromatic carbocycles. The van der Waals surface area contributed by atoms with Crippen molar-refractivity contribution in [2.24, 2.45) is 0 Å². The Morgan fingerprint density at radius 3 is 3.19 bits per heavy atom. The highest BCUT2D eigenvalue weighted by molar-refractivity contribution is 5.17. The number of ether oxygens (including phenoxy) is 1. The summed E-state index contributed by atoms with van der Waals surface area (Å²) in [5, 5.41) is 7.71. The molecule has 4 nitrogen and oxygen atoms in total. The van der Waals surface area contributed by atoms with Gasteiger partial charge >= 0.3 is 0 Å². The smallest absolute Gasteiger partial charge is 0.0733 e. The number of nitrogens with one attached hydrogen (secondary N) is 1. The van der Waals surface area contributed by atoms with Crippen molar-refractivity contribution < 1.29 is 4.74 Å². The summed E-state index contributed by atoms with van der Waals surface area (Å²) in [7, 11) is 0. The largest absolute Gasteiger partial charge is 0.373 e. The quantitative estimate of drug-likeness (QED) is 0.831. The Hall–Kier alpha value is -1.13. The van der Waals surface area contributed by atoms with E-state index in [4.69, 9.17) is 4.74 Å². The molecule has 2 fully saturated rings. The second-order valence-electron chi connectivity index (χ2n) is 4.61. The topological polar surface area (TPSA) is 39.1 Å². The molecule has 1 aromatic rings. The minimum Gasteiger partial charge on any atom is -0.373 e. The van der Waals surface area contributed by atoms with Gasteiger partial charge in [-0.25, -0.2) is 4.68 Å². The molecule has 2 aliphatic heterocycles. The molecule has 16 heavy (non-hydrogen) atoms. The second-order valence-corrected chi connectivity index (χ2v) is 4.61. The van der Waals surface area contributed by atoms with Gasteiger partial charge in [0.1, 0.15) is 0 Å². The van der Waals surface area contributed by atoms with Crippen molar-refractivity contribution in [3.63, 3.8) is 0 Å². The molecule has 2 aliphatic rings.